The van der Waals surface area contributed by atoms with E-state index in [0.717, 1.165) is 22.7 Å². The highest BCUT2D eigenvalue weighted by molar-refractivity contribution is 7.17. The second kappa shape index (κ2) is 6.75. The number of thiazole rings is 1. The van der Waals surface area contributed by atoms with Crippen molar-refractivity contribution in [3.8, 4) is 10.6 Å². The average Bonchev–Trinajstić information content (AvgIpc) is 3.18. The molecule has 3 aromatic heterocycles. The topological polar surface area (TPSA) is 59.8 Å². The Morgan fingerprint density at radius 1 is 1.33 bits per heavy atom. The van der Waals surface area contributed by atoms with E-state index in [0.29, 0.717) is 15.6 Å². The van der Waals surface area contributed by atoms with Gasteiger partial charge in [0.05, 0.1) is 11.4 Å². The molecule has 8 heteroatoms. The number of aromatic nitrogens is 3. The molecule has 0 spiro atoms. The van der Waals surface area contributed by atoms with Crippen molar-refractivity contribution in [2.24, 2.45) is 7.05 Å². The molecule has 3 heterocycles. The zero-order chi connectivity index (χ0) is 19.1. The smallest absolute Gasteiger partial charge is 0.267 e. The fourth-order valence-corrected chi connectivity index (χ4v) is 4.02. The number of carbonyl (C=O) groups is 1. The van der Waals surface area contributed by atoms with E-state index in [2.05, 4.69) is 15.3 Å². The molecule has 27 heavy (non-hydrogen) atoms. The third kappa shape index (κ3) is 3.20. The van der Waals surface area contributed by atoms with Crippen molar-refractivity contribution in [1.29, 1.82) is 0 Å². The molecule has 1 N–H and O–H groups in total. The van der Waals surface area contributed by atoms with Gasteiger partial charge < -0.3 is 9.88 Å². The number of hydrogen-bond donors (Lipinski definition) is 1. The van der Waals surface area contributed by atoms with Gasteiger partial charge >= 0.3 is 0 Å². The van der Waals surface area contributed by atoms with Gasteiger partial charge in [0.1, 0.15) is 21.3 Å². The lowest BCUT2D eigenvalue weighted by Gasteiger charge is -2.05. The van der Waals surface area contributed by atoms with Crippen molar-refractivity contribution in [3.05, 3.63) is 64.1 Å². The summed E-state index contributed by atoms with van der Waals surface area (Å²) in [4.78, 5) is 22.0. The molecule has 5 nitrogen and oxygen atoms in total. The van der Waals surface area contributed by atoms with Crippen LogP contribution in [0.2, 0.25) is 5.02 Å². The van der Waals surface area contributed by atoms with E-state index < -0.39 is 11.7 Å². The van der Waals surface area contributed by atoms with Crippen LogP contribution in [0.3, 0.4) is 0 Å². The summed E-state index contributed by atoms with van der Waals surface area (Å²) in [5, 5.41) is 4.53. The maximum atomic E-state index is 14.0. The predicted molar refractivity (Wildman–Crippen MR) is 106 cm³/mol. The fraction of sp³-hybridized carbons (Fsp3) is 0.105. The van der Waals surface area contributed by atoms with Crippen molar-refractivity contribution in [2.45, 2.75) is 6.92 Å². The maximum absolute atomic E-state index is 14.0. The number of hydrogen-bond acceptors (Lipinski definition) is 4. The van der Waals surface area contributed by atoms with Crippen molar-refractivity contribution in [1.82, 2.24) is 14.5 Å². The number of nitrogens with zero attached hydrogens (tertiary/aromatic N) is 3. The van der Waals surface area contributed by atoms with Gasteiger partial charge in [-0.05, 0) is 37.3 Å². The summed E-state index contributed by atoms with van der Waals surface area (Å²) >= 11 is 7.01. The molecule has 0 saturated heterocycles. The number of rotatable bonds is 3. The summed E-state index contributed by atoms with van der Waals surface area (Å²) in [6, 6.07) is 7.95. The van der Waals surface area contributed by atoms with E-state index in [1.807, 2.05) is 29.9 Å². The van der Waals surface area contributed by atoms with E-state index in [1.165, 1.54) is 23.5 Å². The first-order chi connectivity index (χ1) is 12.9. The van der Waals surface area contributed by atoms with Crippen LogP contribution >= 0.6 is 22.9 Å². The van der Waals surface area contributed by atoms with Crippen LogP contribution in [-0.2, 0) is 7.05 Å². The lowest BCUT2D eigenvalue weighted by molar-refractivity contribution is 0.102. The first-order valence-electron chi connectivity index (χ1n) is 8.08. The molecule has 0 aliphatic carbocycles. The number of aryl methyl sites for hydroxylation is 2. The first-order valence-corrected chi connectivity index (χ1v) is 9.27. The van der Waals surface area contributed by atoms with Crippen LogP contribution in [0.1, 0.15) is 15.4 Å². The summed E-state index contributed by atoms with van der Waals surface area (Å²) in [6.45, 7) is 1.76. The van der Waals surface area contributed by atoms with E-state index >= 15 is 0 Å². The zero-order valence-corrected chi connectivity index (χ0v) is 16.0. The summed E-state index contributed by atoms with van der Waals surface area (Å²) in [6.07, 6.45) is 3.68. The number of nitrogens with one attached hydrogen (secondary N) is 1. The van der Waals surface area contributed by atoms with Crippen LogP contribution < -0.4 is 5.32 Å². The number of fused-ring (bicyclic) bond motifs is 1. The molecule has 4 aromatic rings. The molecule has 0 aliphatic rings. The van der Waals surface area contributed by atoms with Gasteiger partial charge in [0.25, 0.3) is 5.91 Å². The molecule has 1 aromatic carbocycles. The van der Waals surface area contributed by atoms with Crippen molar-refractivity contribution in [2.75, 3.05) is 5.32 Å². The quantitative estimate of drug-likeness (QED) is 0.523. The molecule has 0 unspecified atom stereocenters. The van der Waals surface area contributed by atoms with Gasteiger partial charge in [-0.25, -0.2) is 14.4 Å². The molecule has 4 rings (SSSR count). The highest BCUT2D eigenvalue weighted by atomic mass is 35.5. The predicted octanol–water partition coefficient (Wildman–Crippen LogP) is 5.05. The Hall–Kier alpha value is -2.77. The molecular formula is C19H14ClFN4OS. The standard InChI is InChI=1S/C19H14ClFN4OS/c1-10-16(18(26)24-15-6-5-11(20)8-14(15)21)27-19(23-10)13-9-25(2)17-12(13)4-3-7-22-17/h3-9H,1-2H3,(H,24,26). The number of anilines is 1. The summed E-state index contributed by atoms with van der Waals surface area (Å²) < 4.78 is 15.9. The second-order valence-electron chi connectivity index (χ2n) is 6.04. The summed E-state index contributed by atoms with van der Waals surface area (Å²) in [7, 11) is 1.91. The Balaban J connectivity index is 1.69. The Bertz CT molecular complexity index is 1180. The van der Waals surface area contributed by atoms with E-state index in [9.17, 15) is 9.18 Å². The normalized spacial score (nSPS) is 11.1. The molecule has 136 valence electrons. The van der Waals surface area contributed by atoms with Crippen molar-refractivity contribution < 1.29 is 9.18 Å². The van der Waals surface area contributed by atoms with Crippen LogP contribution in [0.15, 0.2) is 42.7 Å². The van der Waals surface area contributed by atoms with Gasteiger partial charge in [-0.15, -0.1) is 11.3 Å². The Kier molecular flexibility index (Phi) is 4.41. The van der Waals surface area contributed by atoms with Gasteiger partial charge in [0.2, 0.25) is 0 Å². The minimum absolute atomic E-state index is 0.0770. The Morgan fingerprint density at radius 3 is 2.93 bits per heavy atom. The van der Waals surface area contributed by atoms with Gasteiger partial charge in [-0.3, -0.25) is 4.79 Å². The molecule has 0 aliphatic heterocycles. The third-order valence-electron chi connectivity index (χ3n) is 4.15. The van der Waals surface area contributed by atoms with Crippen LogP contribution in [0.5, 0.6) is 0 Å². The highest BCUT2D eigenvalue weighted by Gasteiger charge is 2.20. The number of pyridine rings is 1. The van der Waals surface area contributed by atoms with Crippen LogP contribution in [0, 0.1) is 12.7 Å². The van der Waals surface area contributed by atoms with Crippen LogP contribution in [0.25, 0.3) is 21.6 Å². The molecule has 0 fully saturated rings. The van der Waals surface area contributed by atoms with Gasteiger partial charge in [-0.1, -0.05) is 11.6 Å². The largest absolute Gasteiger partial charge is 0.335 e. The minimum atomic E-state index is -0.585. The van der Waals surface area contributed by atoms with Crippen molar-refractivity contribution >= 4 is 45.6 Å². The lowest BCUT2D eigenvalue weighted by Crippen LogP contribution is -2.12. The molecule has 0 bridgehead atoms. The number of halogens is 2. The van der Waals surface area contributed by atoms with Gasteiger partial charge in [0.15, 0.2) is 0 Å². The third-order valence-corrected chi connectivity index (χ3v) is 5.57. The van der Waals surface area contributed by atoms with E-state index in [4.69, 9.17) is 11.6 Å². The van der Waals surface area contributed by atoms with E-state index in [1.54, 1.807) is 13.1 Å². The molecular weight excluding hydrogens is 387 g/mol. The van der Waals surface area contributed by atoms with Crippen LogP contribution in [-0.4, -0.2) is 20.4 Å². The second-order valence-corrected chi connectivity index (χ2v) is 7.48. The van der Waals surface area contributed by atoms with E-state index in [-0.39, 0.29) is 10.7 Å². The Labute approximate surface area is 163 Å². The lowest BCUT2D eigenvalue weighted by atomic mass is 10.2. The summed E-state index contributed by atoms with van der Waals surface area (Å²) in [5.74, 6) is -0.991. The number of carbonyl (C=O) groups excluding carboxylic acids is 1. The molecule has 0 saturated carbocycles. The monoisotopic (exact) mass is 400 g/mol. The first kappa shape index (κ1) is 17.6. The number of benzene rings is 1. The SMILES string of the molecule is Cc1nc(-c2cn(C)c3ncccc23)sc1C(=O)Nc1ccc(Cl)cc1F. The molecule has 0 atom stereocenters. The van der Waals surface area contributed by atoms with Crippen LogP contribution in [0.4, 0.5) is 10.1 Å². The average molecular weight is 401 g/mol. The highest BCUT2D eigenvalue weighted by Crippen LogP contribution is 2.34. The summed E-state index contributed by atoms with van der Waals surface area (Å²) in [5.41, 5.74) is 2.41. The zero-order valence-electron chi connectivity index (χ0n) is 14.5. The number of amides is 1. The molecule has 1 amide bonds. The fourth-order valence-electron chi connectivity index (χ4n) is 2.88. The minimum Gasteiger partial charge on any atom is -0.335 e. The maximum Gasteiger partial charge on any atom is 0.267 e. The molecule has 0 radical (unpaired) electrons. The van der Waals surface area contributed by atoms with Gasteiger partial charge in [0, 0.05) is 35.4 Å². The Morgan fingerprint density at radius 2 is 2.15 bits per heavy atom. The van der Waals surface area contributed by atoms with Crippen molar-refractivity contribution in [3.63, 3.8) is 0 Å². The van der Waals surface area contributed by atoms with Gasteiger partial charge in [-0.2, -0.15) is 0 Å².